The molecule has 1 N–H and O–H groups in total. The Labute approximate surface area is 104 Å². The summed E-state index contributed by atoms with van der Waals surface area (Å²) in [6.07, 6.45) is 4.04. The first-order valence-corrected chi connectivity index (χ1v) is 8.34. The molecule has 5 heteroatoms. The molecule has 0 radical (unpaired) electrons. The zero-order valence-electron chi connectivity index (χ0n) is 9.91. The first-order valence-electron chi connectivity index (χ1n) is 6.08. The Kier molecular flexibility index (Phi) is 6.08. The third-order valence-electron chi connectivity index (χ3n) is 3.02. The summed E-state index contributed by atoms with van der Waals surface area (Å²) in [4.78, 5) is 0. The van der Waals surface area contributed by atoms with Crippen LogP contribution in [0.1, 0.15) is 32.6 Å². The fourth-order valence-corrected chi connectivity index (χ4v) is 3.81. The summed E-state index contributed by atoms with van der Waals surface area (Å²) >= 11 is 6.01. The van der Waals surface area contributed by atoms with Crippen molar-refractivity contribution in [1.82, 2.24) is 5.32 Å². The van der Waals surface area contributed by atoms with Gasteiger partial charge in [-0.25, -0.2) is 8.42 Å². The molecule has 0 spiro atoms. The molecule has 1 saturated carbocycles. The molecule has 0 aromatic carbocycles. The Morgan fingerprint density at radius 2 is 2.06 bits per heavy atom. The Bertz CT molecular complexity index is 292. The molecule has 0 aromatic rings. The molecule has 0 saturated heterocycles. The zero-order chi connectivity index (χ0) is 12.0. The van der Waals surface area contributed by atoms with E-state index in [-0.39, 0.29) is 5.75 Å². The lowest BCUT2D eigenvalue weighted by atomic mass is 10.1. The summed E-state index contributed by atoms with van der Waals surface area (Å²) < 4.78 is 22.8. The van der Waals surface area contributed by atoms with Gasteiger partial charge >= 0.3 is 0 Å². The normalized spacial score (nSPS) is 26.1. The highest BCUT2D eigenvalue weighted by molar-refractivity contribution is 7.91. The Balaban J connectivity index is 2.08. The average molecular weight is 268 g/mol. The van der Waals surface area contributed by atoms with E-state index < -0.39 is 9.84 Å². The van der Waals surface area contributed by atoms with Crippen LogP contribution in [-0.4, -0.2) is 38.4 Å². The van der Waals surface area contributed by atoms with Crippen molar-refractivity contribution in [2.75, 3.05) is 24.6 Å². The van der Waals surface area contributed by atoms with E-state index in [9.17, 15) is 8.42 Å². The van der Waals surface area contributed by atoms with Crippen molar-refractivity contribution in [1.29, 1.82) is 0 Å². The van der Waals surface area contributed by atoms with Gasteiger partial charge in [0.05, 0.1) is 5.75 Å². The van der Waals surface area contributed by atoms with Crippen molar-refractivity contribution in [3.63, 3.8) is 0 Å². The van der Waals surface area contributed by atoms with E-state index in [0.717, 1.165) is 19.4 Å². The van der Waals surface area contributed by atoms with Crippen molar-refractivity contribution >= 4 is 21.4 Å². The van der Waals surface area contributed by atoms with Gasteiger partial charge in [-0.1, -0.05) is 6.92 Å². The summed E-state index contributed by atoms with van der Waals surface area (Å²) in [6, 6.07) is 0. The smallest absolute Gasteiger partial charge is 0.151 e. The van der Waals surface area contributed by atoms with Gasteiger partial charge in [0.25, 0.3) is 0 Å². The molecule has 1 aliphatic rings. The van der Waals surface area contributed by atoms with E-state index in [1.807, 2.05) is 6.92 Å². The molecule has 16 heavy (non-hydrogen) atoms. The predicted molar refractivity (Wildman–Crippen MR) is 68.8 cm³/mol. The third-order valence-corrected chi connectivity index (χ3v) is 5.27. The van der Waals surface area contributed by atoms with Gasteiger partial charge in [-0.3, -0.25) is 0 Å². The van der Waals surface area contributed by atoms with E-state index >= 15 is 0 Å². The quantitative estimate of drug-likeness (QED) is 0.565. The summed E-state index contributed by atoms with van der Waals surface area (Å²) in [7, 11) is -2.83. The van der Waals surface area contributed by atoms with Crippen molar-refractivity contribution in [2.45, 2.75) is 38.0 Å². The standard InChI is InChI=1S/C11H22ClNO2S/c1-2-6-16(14,15)7-5-13-9-10-3-4-11(12)8-10/h10-11,13H,2-9H2,1H3. The maximum absolute atomic E-state index is 11.4. The van der Waals surface area contributed by atoms with Gasteiger partial charge in [-0.15, -0.1) is 11.6 Å². The molecular weight excluding hydrogens is 246 g/mol. The number of halogens is 1. The minimum Gasteiger partial charge on any atom is -0.315 e. The van der Waals surface area contributed by atoms with Crippen LogP contribution in [0.3, 0.4) is 0 Å². The molecule has 2 unspecified atom stereocenters. The molecule has 1 rings (SSSR count). The lowest BCUT2D eigenvalue weighted by Crippen LogP contribution is -2.28. The lowest BCUT2D eigenvalue weighted by molar-refractivity contribution is 0.497. The molecule has 0 aliphatic heterocycles. The molecule has 0 amide bonds. The number of rotatable bonds is 7. The summed E-state index contributed by atoms with van der Waals surface area (Å²) in [5.74, 6) is 1.20. The number of hydrogen-bond donors (Lipinski definition) is 1. The highest BCUT2D eigenvalue weighted by Gasteiger charge is 2.22. The van der Waals surface area contributed by atoms with Gasteiger partial charge in [0.1, 0.15) is 0 Å². The van der Waals surface area contributed by atoms with Crippen LogP contribution in [0.25, 0.3) is 0 Å². The van der Waals surface area contributed by atoms with E-state index in [1.165, 1.54) is 6.42 Å². The van der Waals surface area contributed by atoms with Gasteiger partial charge in [0, 0.05) is 17.7 Å². The van der Waals surface area contributed by atoms with Crippen molar-refractivity contribution in [3.05, 3.63) is 0 Å². The molecular formula is C11H22ClNO2S. The number of alkyl halides is 1. The highest BCUT2D eigenvalue weighted by Crippen LogP contribution is 2.28. The highest BCUT2D eigenvalue weighted by atomic mass is 35.5. The van der Waals surface area contributed by atoms with Gasteiger partial charge < -0.3 is 5.32 Å². The van der Waals surface area contributed by atoms with E-state index in [2.05, 4.69) is 5.32 Å². The van der Waals surface area contributed by atoms with E-state index in [0.29, 0.717) is 30.0 Å². The summed E-state index contributed by atoms with van der Waals surface area (Å²) in [6.45, 7) is 3.38. The van der Waals surface area contributed by atoms with Crippen LogP contribution in [0.5, 0.6) is 0 Å². The maximum Gasteiger partial charge on any atom is 0.151 e. The fourth-order valence-electron chi connectivity index (χ4n) is 2.15. The molecule has 3 nitrogen and oxygen atoms in total. The second-order valence-electron chi connectivity index (χ2n) is 4.63. The maximum atomic E-state index is 11.4. The average Bonchev–Trinajstić information content (AvgIpc) is 2.59. The van der Waals surface area contributed by atoms with Crippen LogP contribution in [0, 0.1) is 5.92 Å². The molecule has 0 bridgehead atoms. The van der Waals surface area contributed by atoms with Crippen LogP contribution >= 0.6 is 11.6 Å². The van der Waals surface area contributed by atoms with Crippen LogP contribution in [0.4, 0.5) is 0 Å². The lowest BCUT2D eigenvalue weighted by Gasteiger charge is -2.10. The minimum absolute atomic E-state index is 0.262. The molecule has 0 heterocycles. The molecule has 0 aromatic heterocycles. The molecule has 1 fully saturated rings. The van der Waals surface area contributed by atoms with Crippen molar-refractivity contribution in [2.24, 2.45) is 5.92 Å². The molecule has 96 valence electrons. The second kappa shape index (κ2) is 6.82. The Morgan fingerprint density at radius 1 is 1.31 bits per heavy atom. The van der Waals surface area contributed by atoms with Gasteiger partial charge in [0.2, 0.25) is 0 Å². The Hall–Kier alpha value is 0.200. The van der Waals surface area contributed by atoms with Crippen LogP contribution in [-0.2, 0) is 9.84 Å². The zero-order valence-corrected chi connectivity index (χ0v) is 11.5. The monoisotopic (exact) mass is 267 g/mol. The van der Waals surface area contributed by atoms with Crippen molar-refractivity contribution < 1.29 is 8.42 Å². The Morgan fingerprint density at radius 3 is 2.62 bits per heavy atom. The SMILES string of the molecule is CCCS(=O)(=O)CCNCC1CCC(Cl)C1. The first-order chi connectivity index (χ1) is 7.53. The van der Waals surface area contributed by atoms with E-state index in [1.54, 1.807) is 0 Å². The van der Waals surface area contributed by atoms with Crippen LogP contribution < -0.4 is 5.32 Å². The molecule has 1 aliphatic carbocycles. The number of hydrogen-bond acceptors (Lipinski definition) is 3. The predicted octanol–water partition coefficient (Wildman–Crippen LogP) is 1.81. The number of nitrogens with one attached hydrogen (secondary N) is 1. The summed E-state index contributed by atoms with van der Waals surface area (Å²) in [5, 5.41) is 3.55. The fraction of sp³-hybridized carbons (Fsp3) is 1.00. The number of sulfone groups is 1. The third kappa shape index (κ3) is 5.51. The van der Waals surface area contributed by atoms with Crippen molar-refractivity contribution in [3.8, 4) is 0 Å². The largest absolute Gasteiger partial charge is 0.315 e. The van der Waals surface area contributed by atoms with Crippen LogP contribution in [0.2, 0.25) is 0 Å². The van der Waals surface area contributed by atoms with Gasteiger partial charge in [-0.2, -0.15) is 0 Å². The second-order valence-corrected chi connectivity index (χ2v) is 7.55. The van der Waals surface area contributed by atoms with Gasteiger partial charge in [-0.05, 0) is 38.1 Å². The first kappa shape index (κ1) is 14.3. The summed E-state index contributed by atoms with van der Waals surface area (Å²) in [5.41, 5.74) is 0. The molecule has 2 atom stereocenters. The van der Waals surface area contributed by atoms with Gasteiger partial charge in [0.15, 0.2) is 9.84 Å². The topological polar surface area (TPSA) is 46.2 Å². The van der Waals surface area contributed by atoms with E-state index in [4.69, 9.17) is 11.6 Å². The van der Waals surface area contributed by atoms with Crippen LogP contribution in [0.15, 0.2) is 0 Å². The minimum atomic E-state index is -2.83.